The van der Waals surface area contributed by atoms with Gasteiger partial charge < -0.3 is 20.5 Å². The Hall–Kier alpha value is -2.37. The van der Waals surface area contributed by atoms with Crippen LogP contribution in [-0.2, 0) is 22.4 Å². The fourth-order valence-electron chi connectivity index (χ4n) is 4.68. The maximum atomic E-state index is 12.6. The second kappa shape index (κ2) is 8.56. The summed E-state index contributed by atoms with van der Waals surface area (Å²) < 4.78 is 6.35. The van der Waals surface area contributed by atoms with E-state index in [1.807, 2.05) is 54.3 Å². The summed E-state index contributed by atoms with van der Waals surface area (Å²) >= 11 is 0. The van der Waals surface area contributed by atoms with E-state index in [4.69, 9.17) is 10.5 Å². The summed E-state index contributed by atoms with van der Waals surface area (Å²) in [6.07, 6.45) is 2.88. The number of hydrogen-bond donors (Lipinski definition) is 2. The fraction of sp³-hybridized carbons (Fsp3) is 0.458. The molecular weight excluding hydrogens is 364 g/mol. The van der Waals surface area contributed by atoms with Gasteiger partial charge in [0.25, 0.3) is 0 Å². The Labute approximate surface area is 172 Å². The van der Waals surface area contributed by atoms with E-state index in [9.17, 15) is 9.90 Å². The van der Waals surface area contributed by atoms with Gasteiger partial charge in [-0.2, -0.15) is 0 Å². The molecular formula is C24H30N2O3. The van der Waals surface area contributed by atoms with Gasteiger partial charge in [0, 0.05) is 31.6 Å². The molecule has 2 aromatic carbocycles. The summed E-state index contributed by atoms with van der Waals surface area (Å²) in [5, 5.41) is 10.6. The van der Waals surface area contributed by atoms with Gasteiger partial charge in [0.05, 0.1) is 18.6 Å². The van der Waals surface area contributed by atoms with E-state index in [0.717, 1.165) is 48.2 Å². The van der Waals surface area contributed by atoms with Crippen LogP contribution in [0.4, 0.5) is 0 Å². The third-order valence-corrected chi connectivity index (χ3v) is 6.44. The molecule has 2 heterocycles. The lowest BCUT2D eigenvalue weighted by Crippen LogP contribution is -2.44. The number of phenols is 1. The standard InChI is InChI=1S/C24H30N2O3/c1-16-7-8-19-20(24(16)28)14-21(29-22(19)15-25)18-9-11-26(12-10-18)23(27)13-17-5-3-2-4-6-17/h2-8,18,21-22,28H,9-15,25H2,1H3. The summed E-state index contributed by atoms with van der Waals surface area (Å²) in [5.74, 6) is 0.945. The van der Waals surface area contributed by atoms with Crippen LogP contribution in [0.5, 0.6) is 5.75 Å². The van der Waals surface area contributed by atoms with Crippen LogP contribution in [0.25, 0.3) is 0 Å². The van der Waals surface area contributed by atoms with Crippen molar-refractivity contribution in [3.63, 3.8) is 0 Å². The number of carbonyl (C=O) groups is 1. The molecule has 2 unspecified atom stereocenters. The SMILES string of the molecule is Cc1ccc2c(c1O)CC(C1CCN(C(=O)Cc3ccccc3)CC1)OC2CN. The minimum atomic E-state index is -0.173. The van der Waals surface area contributed by atoms with Crippen LogP contribution < -0.4 is 5.73 Å². The van der Waals surface area contributed by atoms with Gasteiger partial charge in [0.2, 0.25) is 5.91 Å². The lowest BCUT2D eigenvalue weighted by Gasteiger charge is -2.40. The first kappa shape index (κ1) is 19.9. The highest BCUT2D eigenvalue weighted by molar-refractivity contribution is 5.78. The third-order valence-electron chi connectivity index (χ3n) is 6.44. The number of benzene rings is 2. The molecule has 2 aliphatic heterocycles. The predicted molar refractivity (Wildman–Crippen MR) is 113 cm³/mol. The lowest BCUT2D eigenvalue weighted by molar-refractivity contribution is -0.133. The van der Waals surface area contributed by atoms with Crippen LogP contribution in [0, 0.1) is 12.8 Å². The zero-order valence-corrected chi connectivity index (χ0v) is 17.0. The number of aromatic hydroxyl groups is 1. The highest BCUT2D eigenvalue weighted by Crippen LogP contribution is 2.40. The third kappa shape index (κ3) is 4.16. The van der Waals surface area contributed by atoms with E-state index >= 15 is 0 Å². The molecule has 29 heavy (non-hydrogen) atoms. The van der Waals surface area contributed by atoms with Crippen molar-refractivity contribution in [1.29, 1.82) is 0 Å². The van der Waals surface area contributed by atoms with Gasteiger partial charge in [0.1, 0.15) is 5.75 Å². The van der Waals surface area contributed by atoms with Gasteiger partial charge in [-0.05, 0) is 42.4 Å². The number of amides is 1. The number of piperidine rings is 1. The predicted octanol–water partition coefficient (Wildman–Crippen LogP) is 3.12. The Kier molecular flexibility index (Phi) is 5.88. The second-order valence-corrected chi connectivity index (χ2v) is 8.28. The highest BCUT2D eigenvalue weighted by atomic mass is 16.5. The summed E-state index contributed by atoms with van der Waals surface area (Å²) in [6, 6.07) is 13.9. The molecule has 2 aromatic rings. The maximum Gasteiger partial charge on any atom is 0.226 e. The monoisotopic (exact) mass is 394 g/mol. The average Bonchev–Trinajstić information content (AvgIpc) is 2.76. The first-order chi connectivity index (χ1) is 14.1. The van der Waals surface area contributed by atoms with Gasteiger partial charge in [-0.1, -0.05) is 42.5 Å². The Balaban J connectivity index is 1.40. The quantitative estimate of drug-likeness (QED) is 0.835. The number of nitrogens with two attached hydrogens (primary N) is 1. The molecule has 0 saturated carbocycles. The normalized spacial score (nSPS) is 22.3. The number of nitrogens with zero attached hydrogens (tertiary/aromatic N) is 1. The summed E-state index contributed by atoms with van der Waals surface area (Å²) in [6.45, 7) is 3.85. The molecule has 0 bridgehead atoms. The first-order valence-corrected chi connectivity index (χ1v) is 10.6. The number of carbonyl (C=O) groups excluding carboxylic acids is 1. The van der Waals surface area contributed by atoms with E-state index in [2.05, 4.69) is 0 Å². The number of ether oxygens (including phenoxy) is 1. The van der Waals surface area contributed by atoms with Crippen molar-refractivity contribution in [2.75, 3.05) is 19.6 Å². The topological polar surface area (TPSA) is 75.8 Å². The number of aryl methyl sites for hydroxylation is 1. The van der Waals surface area contributed by atoms with Crippen molar-refractivity contribution in [3.05, 3.63) is 64.7 Å². The Bertz CT molecular complexity index is 860. The van der Waals surface area contributed by atoms with E-state index in [1.54, 1.807) is 0 Å². The Morgan fingerprint density at radius 1 is 1.17 bits per heavy atom. The van der Waals surface area contributed by atoms with Crippen LogP contribution in [0.2, 0.25) is 0 Å². The number of phenolic OH excluding ortho intramolecular Hbond substituents is 1. The van der Waals surface area contributed by atoms with E-state index in [0.29, 0.717) is 31.1 Å². The highest BCUT2D eigenvalue weighted by Gasteiger charge is 2.36. The zero-order valence-electron chi connectivity index (χ0n) is 17.0. The van der Waals surface area contributed by atoms with Crippen molar-refractivity contribution in [1.82, 2.24) is 4.90 Å². The Morgan fingerprint density at radius 3 is 2.59 bits per heavy atom. The van der Waals surface area contributed by atoms with Gasteiger partial charge in [-0.3, -0.25) is 4.79 Å². The minimum Gasteiger partial charge on any atom is -0.507 e. The van der Waals surface area contributed by atoms with Gasteiger partial charge in [-0.25, -0.2) is 0 Å². The number of fused-ring (bicyclic) bond motifs is 1. The average molecular weight is 395 g/mol. The first-order valence-electron chi connectivity index (χ1n) is 10.6. The van der Waals surface area contributed by atoms with E-state index in [-0.39, 0.29) is 18.1 Å². The molecule has 154 valence electrons. The largest absolute Gasteiger partial charge is 0.507 e. The molecule has 5 heteroatoms. The van der Waals surface area contributed by atoms with Crippen molar-refractivity contribution in [2.24, 2.45) is 11.7 Å². The number of likely N-dealkylation sites (tertiary alicyclic amines) is 1. The van der Waals surface area contributed by atoms with E-state index < -0.39 is 0 Å². The Morgan fingerprint density at radius 2 is 1.90 bits per heavy atom. The molecule has 0 spiro atoms. The lowest BCUT2D eigenvalue weighted by atomic mass is 9.83. The van der Waals surface area contributed by atoms with Crippen molar-refractivity contribution in [2.45, 2.75) is 44.8 Å². The smallest absolute Gasteiger partial charge is 0.226 e. The maximum absolute atomic E-state index is 12.6. The zero-order chi connectivity index (χ0) is 20.4. The van der Waals surface area contributed by atoms with E-state index in [1.165, 1.54) is 0 Å². The van der Waals surface area contributed by atoms with Gasteiger partial charge >= 0.3 is 0 Å². The molecule has 0 aliphatic carbocycles. The molecule has 2 aliphatic rings. The summed E-state index contributed by atoms with van der Waals surface area (Å²) in [5.41, 5.74) is 9.92. The van der Waals surface area contributed by atoms with Crippen LogP contribution in [-0.4, -0.2) is 41.7 Å². The second-order valence-electron chi connectivity index (χ2n) is 8.28. The van der Waals surface area contributed by atoms with Crippen molar-refractivity contribution >= 4 is 5.91 Å². The molecule has 3 N–H and O–H groups in total. The van der Waals surface area contributed by atoms with Gasteiger partial charge in [-0.15, -0.1) is 0 Å². The number of rotatable bonds is 4. The van der Waals surface area contributed by atoms with Crippen LogP contribution in [0.3, 0.4) is 0 Å². The molecule has 0 aromatic heterocycles. The summed E-state index contributed by atoms with van der Waals surface area (Å²) in [7, 11) is 0. The van der Waals surface area contributed by atoms with Crippen LogP contribution in [0.1, 0.15) is 41.2 Å². The van der Waals surface area contributed by atoms with Crippen LogP contribution >= 0.6 is 0 Å². The molecule has 0 radical (unpaired) electrons. The molecule has 1 fully saturated rings. The van der Waals surface area contributed by atoms with Crippen LogP contribution in [0.15, 0.2) is 42.5 Å². The molecule has 1 saturated heterocycles. The molecule has 5 nitrogen and oxygen atoms in total. The fourth-order valence-corrected chi connectivity index (χ4v) is 4.68. The summed E-state index contributed by atoms with van der Waals surface area (Å²) in [4.78, 5) is 14.6. The molecule has 1 amide bonds. The molecule has 4 rings (SSSR count). The van der Waals surface area contributed by atoms with Crippen molar-refractivity contribution < 1.29 is 14.6 Å². The van der Waals surface area contributed by atoms with Crippen molar-refractivity contribution in [3.8, 4) is 5.75 Å². The molecule has 2 atom stereocenters. The van der Waals surface area contributed by atoms with Gasteiger partial charge in [0.15, 0.2) is 0 Å². The number of hydrogen-bond acceptors (Lipinski definition) is 4. The minimum absolute atomic E-state index is 0.0372.